The fourth-order valence-corrected chi connectivity index (χ4v) is 1.63. The van der Waals surface area contributed by atoms with E-state index < -0.39 is 5.97 Å². The summed E-state index contributed by atoms with van der Waals surface area (Å²) in [6, 6.07) is 3.33. The molecule has 0 amide bonds. The van der Waals surface area contributed by atoms with Crippen LogP contribution in [0.5, 0.6) is 0 Å². The number of nitrogens with zero attached hydrogens (tertiary/aromatic N) is 2. The number of nitrogen functional groups attached to an aromatic ring is 1. The van der Waals surface area contributed by atoms with E-state index in [2.05, 4.69) is 9.72 Å². The van der Waals surface area contributed by atoms with E-state index in [1.54, 1.807) is 22.7 Å². The van der Waals surface area contributed by atoms with E-state index in [-0.39, 0.29) is 12.1 Å². The van der Waals surface area contributed by atoms with Crippen molar-refractivity contribution in [2.24, 2.45) is 0 Å². The van der Waals surface area contributed by atoms with E-state index >= 15 is 0 Å². The summed E-state index contributed by atoms with van der Waals surface area (Å²) in [5.74, 6) is -0.0767. The van der Waals surface area contributed by atoms with E-state index in [1.165, 1.54) is 7.11 Å². The Bertz CT molecular complexity index is 589. The predicted octanol–water partition coefficient (Wildman–Crippen LogP) is 0.444. The van der Waals surface area contributed by atoms with Crippen LogP contribution in [0.15, 0.2) is 18.3 Å². The van der Waals surface area contributed by atoms with Crippen LogP contribution in [0.2, 0.25) is 0 Å². The lowest BCUT2D eigenvalue weighted by molar-refractivity contribution is -0.107. The van der Waals surface area contributed by atoms with Gasteiger partial charge < -0.3 is 19.7 Å². The summed E-state index contributed by atoms with van der Waals surface area (Å²) < 4.78 is 6.25. The first-order chi connectivity index (χ1) is 8.17. The fraction of sp³-hybridized carbons (Fsp3) is 0.182. The molecule has 2 heterocycles. The molecule has 0 aliphatic rings. The van der Waals surface area contributed by atoms with Crippen molar-refractivity contribution in [3.63, 3.8) is 0 Å². The van der Waals surface area contributed by atoms with Crippen LogP contribution in [0, 0.1) is 0 Å². The number of nitrogens with two attached hydrogens (primary N) is 1. The molecular weight excluding hydrogens is 222 g/mol. The van der Waals surface area contributed by atoms with Gasteiger partial charge in [-0.05, 0) is 12.1 Å². The number of methoxy groups -OCH3 is 1. The molecule has 0 saturated carbocycles. The van der Waals surface area contributed by atoms with Gasteiger partial charge in [0.2, 0.25) is 0 Å². The number of hydrogen-bond acceptors (Lipinski definition) is 5. The van der Waals surface area contributed by atoms with Crippen LogP contribution >= 0.6 is 0 Å². The minimum atomic E-state index is -0.538. The second kappa shape index (κ2) is 4.25. The highest BCUT2D eigenvalue weighted by Crippen LogP contribution is 2.16. The topological polar surface area (TPSA) is 86.7 Å². The van der Waals surface area contributed by atoms with E-state index in [0.29, 0.717) is 17.0 Å². The van der Waals surface area contributed by atoms with Crippen LogP contribution in [0.25, 0.3) is 5.52 Å². The number of rotatable bonds is 3. The normalized spacial score (nSPS) is 10.4. The maximum Gasteiger partial charge on any atom is 0.358 e. The van der Waals surface area contributed by atoms with Gasteiger partial charge in [-0.2, -0.15) is 0 Å². The summed E-state index contributed by atoms with van der Waals surface area (Å²) >= 11 is 0. The van der Waals surface area contributed by atoms with Crippen LogP contribution in [0.3, 0.4) is 0 Å². The average Bonchev–Trinajstić information content (AvgIpc) is 2.67. The number of hydrogen-bond donors (Lipinski definition) is 1. The van der Waals surface area contributed by atoms with Gasteiger partial charge in [0, 0.05) is 11.9 Å². The molecule has 88 valence electrons. The number of carbonyl (C=O) groups excluding carboxylic acids is 2. The van der Waals surface area contributed by atoms with Gasteiger partial charge in [0.05, 0.1) is 19.0 Å². The lowest BCUT2D eigenvalue weighted by Gasteiger charge is -1.99. The zero-order valence-corrected chi connectivity index (χ0v) is 9.21. The number of esters is 1. The van der Waals surface area contributed by atoms with Crippen LogP contribution in [0.4, 0.5) is 5.69 Å². The van der Waals surface area contributed by atoms with Crippen molar-refractivity contribution in [1.82, 2.24) is 9.38 Å². The van der Waals surface area contributed by atoms with Crippen molar-refractivity contribution in [2.75, 3.05) is 12.8 Å². The zero-order valence-electron chi connectivity index (χ0n) is 9.21. The lowest BCUT2D eigenvalue weighted by atomic mass is 10.3. The number of aromatic nitrogens is 2. The Morgan fingerprint density at radius 1 is 1.59 bits per heavy atom. The minimum Gasteiger partial charge on any atom is -0.464 e. The molecule has 0 atom stereocenters. The SMILES string of the molecule is COC(=O)c1nc(CC=O)n2cc(N)ccc12. The molecule has 0 spiro atoms. The molecule has 2 rings (SSSR count). The Hall–Kier alpha value is -2.37. The molecule has 0 aliphatic carbocycles. The number of pyridine rings is 1. The predicted molar refractivity (Wildman–Crippen MR) is 60.7 cm³/mol. The fourth-order valence-electron chi connectivity index (χ4n) is 1.63. The van der Waals surface area contributed by atoms with Crippen molar-refractivity contribution in [3.8, 4) is 0 Å². The monoisotopic (exact) mass is 233 g/mol. The highest BCUT2D eigenvalue weighted by Gasteiger charge is 2.17. The third-order valence-corrected chi connectivity index (χ3v) is 2.38. The first-order valence-corrected chi connectivity index (χ1v) is 4.95. The van der Waals surface area contributed by atoms with Gasteiger partial charge in [0.1, 0.15) is 12.1 Å². The van der Waals surface area contributed by atoms with Crippen LogP contribution < -0.4 is 5.73 Å². The van der Waals surface area contributed by atoms with Gasteiger partial charge in [-0.1, -0.05) is 0 Å². The lowest BCUT2D eigenvalue weighted by Crippen LogP contribution is -2.02. The molecule has 0 aromatic carbocycles. The van der Waals surface area contributed by atoms with E-state index in [0.717, 1.165) is 6.29 Å². The van der Waals surface area contributed by atoms with Crippen molar-refractivity contribution >= 4 is 23.5 Å². The number of fused-ring (bicyclic) bond motifs is 1. The van der Waals surface area contributed by atoms with E-state index in [1.807, 2.05) is 0 Å². The van der Waals surface area contributed by atoms with Crippen molar-refractivity contribution in [1.29, 1.82) is 0 Å². The molecule has 6 nitrogen and oxygen atoms in total. The Kier molecular flexibility index (Phi) is 2.78. The summed E-state index contributed by atoms with van der Waals surface area (Å²) in [7, 11) is 1.28. The Balaban J connectivity index is 2.69. The van der Waals surface area contributed by atoms with Gasteiger partial charge in [-0.25, -0.2) is 9.78 Å². The average molecular weight is 233 g/mol. The summed E-state index contributed by atoms with van der Waals surface area (Å²) in [4.78, 5) is 26.2. The number of ether oxygens (including phenoxy) is 1. The maximum atomic E-state index is 11.5. The number of carbonyl (C=O) groups is 2. The molecule has 0 fully saturated rings. The molecule has 2 aromatic heterocycles. The zero-order chi connectivity index (χ0) is 12.4. The van der Waals surface area contributed by atoms with Crippen molar-refractivity contribution < 1.29 is 14.3 Å². The molecular formula is C11H11N3O3. The largest absolute Gasteiger partial charge is 0.464 e. The highest BCUT2D eigenvalue weighted by atomic mass is 16.5. The first kappa shape index (κ1) is 11.1. The molecule has 0 saturated heterocycles. The quantitative estimate of drug-likeness (QED) is 0.614. The second-order valence-electron chi connectivity index (χ2n) is 3.46. The Morgan fingerprint density at radius 2 is 2.35 bits per heavy atom. The molecule has 0 bridgehead atoms. The highest BCUT2D eigenvalue weighted by molar-refractivity contribution is 5.95. The molecule has 17 heavy (non-hydrogen) atoms. The van der Waals surface area contributed by atoms with Crippen molar-refractivity contribution in [2.45, 2.75) is 6.42 Å². The van der Waals surface area contributed by atoms with E-state index in [4.69, 9.17) is 5.73 Å². The smallest absolute Gasteiger partial charge is 0.358 e. The number of imidazole rings is 1. The van der Waals surface area contributed by atoms with Gasteiger partial charge in [-0.3, -0.25) is 0 Å². The van der Waals surface area contributed by atoms with Crippen LogP contribution in [-0.2, 0) is 16.0 Å². The van der Waals surface area contributed by atoms with E-state index in [9.17, 15) is 9.59 Å². The van der Waals surface area contributed by atoms with Crippen LogP contribution in [-0.4, -0.2) is 28.7 Å². The Labute approximate surface area is 97.0 Å². The third-order valence-electron chi connectivity index (χ3n) is 2.38. The van der Waals surface area contributed by atoms with Crippen molar-refractivity contribution in [3.05, 3.63) is 29.8 Å². The Morgan fingerprint density at radius 3 is 3.00 bits per heavy atom. The summed E-state index contributed by atoms with van der Waals surface area (Å²) in [5.41, 5.74) is 6.94. The third kappa shape index (κ3) is 1.84. The number of anilines is 1. The van der Waals surface area contributed by atoms with Gasteiger partial charge in [0.15, 0.2) is 5.69 Å². The molecule has 0 radical (unpaired) electrons. The molecule has 2 N–H and O–H groups in total. The second-order valence-corrected chi connectivity index (χ2v) is 3.46. The summed E-state index contributed by atoms with van der Waals surface area (Å²) in [6.45, 7) is 0. The molecule has 2 aromatic rings. The maximum absolute atomic E-state index is 11.5. The standard InChI is InChI=1S/C11H11N3O3/c1-17-11(16)10-8-3-2-7(12)6-14(8)9(13-10)4-5-15/h2-3,5-6H,4,12H2,1H3. The van der Waals surface area contributed by atoms with Gasteiger partial charge in [-0.15, -0.1) is 0 Å². The summed E-state index contributed by atoms with van der Waals surface area (Å²) in [6.07, 6.45) is 2.45. The van der Waals surface area contributed by atoms with Crippen LogP contribution in [0.1, 0.15) is 16.3 Å². The molecule has 0 unspecified atom stereocenters. The van der Waals surface area contributed by atoms with Gasteiger partial charge in [0.25, 0.3) is 0 Å². The first-order valence-electron chi connectivity index (χ1n) is 4.95. The number of aldehydes is 1. The molecule has 6 heteroatoms. The van der Waals surface area contributed by atoms with Gasteiger partial charge >= 0.3 is 5.97 Å². The molecule has 0 aliphatic heterocycles. The minimum absolute atomic E-state index is 0.113. The summed E-state index contributed by atoms with van der Waals surface area (Å²) in [5, 5.41) is 0.